The van der Waals surface area contributed by atoms with Gasteiger partial charge in [0.1, 0.15) is 18.1 Å². The van der Waals surface area contributed by atoms with Crippen molar-refractivity contribution >= 4 is 38.9 Å². The molecule has 0 atom stereocenters. The Hall–Kier alpha value is -1.06. The number of alkyl halides is 3. The van der Waals surface area contributed by atoms with E-state index in [9.17, 15) is 13.2 Å². The number of ether oxygens (including phenoxy) is 2. The second-order valence-corrected chi connectivity index (χ2v) is 5.88. The molecule has 0 N–H and O–H groups in total. The van der Waals surface area contributed by atoms with Gasteiger partial charge >= 0.3 is 6.36 Å². The number of halogens is 5. The first-order valence-electron chi connectivity index (χ1n) is 4.99. The fourth-order valence-electron chi connectivity index (χ4n) is 1.22. The summed E-state index contributed by atoms with van der Waals surface area (Å²) in [5.41, 5.74) is 0. The average molecular weight is 390 g/mol. The molecule has 0 radical (unpaired) electrons. The van der Waals surface area contributed by atoms with Crippen molar-refractivity contribution < 1.29 is 22.6 Å². The molecule has 0 bridgehead atoms. The van der Waals surface area contributed by atoms with E-state index in [1.54, 1.807) is 0 Å². The molecule has 20 heavy (non-hydrogen) atoms. The smallest absolute Gasteiger partial charge is 0.486 e. The van der Waals surface area contributed by atoms with Gasteiger partial charge in [0.05, 0.1) is 4.47 Å². The van der Waals surface area contributed by atoms with E-state index in [-0.39, 0.29) is 16.8 Å². The molecule has 0 aliphatic carbocycles. The molecule has 2 rings (SSSR count). The normalized spacial score (nSPS) is 11.4. The molecular formula is C10H5BrClF3N2O2S. The molecule has 0 saturated carbocycles. The third-order valence-corrected chi connectivity index (χ3v) is 3.55. The van der Waals surface area contributed by atoms with E-state index in [0.717, 1.165) is 17.4 Å². The van der Waals surface area contributed by atoms with Crippen molar-refractivity contribution in [3.63, 3.8) is 0 Å². The van der Waals surface area contributed by atoms with Crippen LogP contribution in [0.5, 0.6) is 11.5 Å². The molecule has 2 aromatic rings. The summed E-state index contributed by atoms with van der Waals surface area (Å²) in [6.45, 7) is 0.121. The van der Waals surface area contributed by atoms with E-state index in [0.29, 0.717) is 15.2 Å². The van der Waals surface area contributed by atoms with Crippen LogP contribution in [0.3, 0.4) is 0 Å². The maximum absolute atomic E-state index is 12.1. The predicted octanol–water partition coefficient (Wildman–Crippen LogP) is 4.43. The van der Waals surface area contributed by atoms with Gasteiger partial charge in [0.15, 0.2) is 5.01 Å². The second kappa shape index (κ2) is 6.15. The van der Waals surface area contributed by atoms with E-state index in [2.05, 4.69) is 30.9 Å². The largest absolute Gasteiger partial charge is 0.573 e. The third-order valence-electron chi connectivity index (χ3n) is 1.93. The van der Waals surface area contributed by atoms with E-state index >= 15 is 0 Å². The van der Waals surface area contributed by atoms with Gasteiger partial charge in [0.2, 0.25) is 4.47 Å². The Morgan fingerprint density at radius 1 is 1.30 bits per heavy atom. The van der Waals surface area contributed by atoms with Crippen molar-refractivity contribution in [1.29, 1.82) is 0 Å². The van der Waals surface area contributed by atoms with Gasteiger partial charge in [-0.05, 0) is 45.7 Å². The van der Waals surface area contributed by atoms with E-state index < -0.39 is 6.36 Å². The zero-order valence-corrected chi connectivity index (χ0v) is 12.6. The lowest BCUT2D eigenvalue weighted by Gasteiger charge is -2.11. The summed E-state index contributed by atoms with van der Waals surface area (Å²) in [6.07, 6.45) is -4.74. The molecule has 0 fully saturated rings. The highest BCUT2D eigenvalue weighted by Gasteiger charge is 2.31. The number of rotatable bonds is 4. The van der Waals surface area contributed by atoms with Gasteiger partial charge in [0, 0.05) is 0 Å². The van der Waals surface area contributed by atoms with E-state index in [1.165, 1.54) is 12.1 Å². The number of hydrogen-bond acceptors (Lipinski definition) is 5. The summed E-state index contributed by atoms with van der Waals surface area (Å²) in [5.74, 6) is 0.0153. The summed E-state index contributed by atoms with van der Waals surface area (Å²) in [5, 5.41) is 7.90. The maximum Gasteiger partial charge on any atom is 0.573 e. The van der Waals surface area contributed by atoms with Crippen LogP contribution in [0.2, 0.25) is 4.47 Å². The van der Waals surface area contributed by atoms with Gasteiger partial charge in [-0.3, -0.25) is 0 Å². The van der Waals surface area contributed by atoms with Gasteiger partial charge in [-0.25, -0.2) is 0 Å². The topological polar surface area (TPSA) is 44.2 Å². The Labute approximate surface area is 128 Å². The Morgan fingerprint density at radius 2 is 2.05 bits per heavy atom. The average Bonchev–Trinajstić information content (AvgIpc) is 2.74. The van der Waals surface area contributed by atoms with Gasteiger partial charge in [-0.2, -0.15) is 0 Å². The van der Waals surface area contributed by atoms with Gasteiger partial charge in [-0.1, -0.05) is 11.3 Å². The highest BCUT2D eigenvalue weighted by molar-refractivity contribution is 9.10. The van der Waals surface area contributed by atoms with Crippen LogP contribution in [0.4, 0.5) is 13.2 Å². The first-order chi connectivity index (χ1) is 9.33. The lowest BCUT2D eigenvalue weighted by molar-refractivity contribution is -0.274. The molecule has 1 aromatic carbocycles. The van der Waals surface area contributed by atoms with Crippen LogP contribution in [0, 0.1) is 0 Å². The SMILES string of the molecule is FC(F)(F)Oc1ccc(OCc2nnc(Cl)s2)cc1Br. The molecule has 10 heteroatoms. The van der Waals surface area contributed by atoms with Crippen molar-refractivity contribution in [2.75, 3.05) is 0 Å². The number of aromatic nitrogens is 2. The molecule has 0 spiro atoms. The molecule has 0 amide bonds. The minimum absolute atomic E-state index is 0.121. The third kappa shape index (κ3) is 4.50. The lowest BCUT2D eigenvalue weighted by Crippen LogP contribution is -2.17. The number of benzene rings is 1. The van der Waals surface area contributed by atoms with Crippen molar-refractivity contribution in [2.24, 2.45) is 0 Å². The zero-order chi connectivity index (χ0) is 14.8. The monoisotopic (exact) mass is 388 g/mol. The number of hydrogen-bond donors (Lipinski definition) is 0. The Morgan fingerprint density at radius 3 is 2.60 bits per heavy atom. The Balaban J connectivity index is 2.01. The zero-order valence-electron chi connectivity index (χ0n) is 9.45. The molecule has 0 aliphatic rings. The fraction of sp³-hybridized carbons (Fsp3) is 0.200. The molecule has 108 valence electrons. The highest BCUT2D eigenvalue weighted by Crippen LogP contribution is 2.33. The van der Waals surface area contributed by atoms with Gasteiger partial charge in [0.25, 0.3) is 0 Å². The quantitative estimate of drug-likeness (QED) is 0.776. The minimum atomic E-state index is -4.74. The van der Waals surface area contributed by atoms with Crippen molar-refractivity contribution in [3.8, 4) is 11.5 Å². The second-order valence-electron chi connectivity index (χ2n) is 3.38. The van der Waals surface area contributed by atoms with Crippen molar-refractivity contribution in [1.82, 2.24) is 10.2 Å². The molecule has 1 aromatic heterocycles. The van der Waals surface area contributed by atoms with E-state index in [1.807, 2.05) is 0 Å². The number of nitrogens with zero attached hydrogens (tertiary/aromatic N) is 2. The van der Waals surface area contributed by atoms with Crippen molar-refractivity contribution in [2.45, 2.75) is 13.0 Å². The molecule has 0 saturated heterocycles. The van der Waals surface area contributed by atoms with E-state index in [4.69, 9.17) is 16.3 Å². The van der Waals surface area contributed by atoms with Gasteiger partial charge < -0.3 is 9.47 Å². The molecule has 4 nitrogen and oxygen atoms in total. The summed E-state index contributed by atoms with van der Waals surface area (Å²) in [7, 11) is 0. The molecule has 1 heterocycles. The first kappa shape index (κ1) is 15.3. The minimum Gasteiger partial charge on any atom is -0.486 e. The van der Waals surface area contributed by atoms with Crippen LogP contribution < -0.4 is 9.47 Å². The standard InChI is InChI=1S/C10H5BrClF3N2O2S/c11-6-3-5(1-2-7(6)19-10(13,14)15)18-4-8-16-17-9(12)20-8/h1-3H,4H2. The fourth-order valence-corrected chi connectivity index (χ4v) is 2.43. The van der Waals surface area contributed by atoms with Crippen LogP contribution in [-0.4, -0.2) is 16.6 Å². The molecule has 0 aliphatic heterocycles. The highest BCUT2D eigenvalue weighted by atomic mass is 79.9. The van der Waals surface area contributed by atoms with Crippen LogP contribution in [-0.2, 0) is 6.61 Å². The first-order valence-corrected chi connectivity index (χ1v) is 6.98. The summed E-state index contributed by atoms with van der Waals surface area (Å²) in [6, 6.07) is 3.87. The molecule has 0 unspecified atom stereocenters. The Bertz CT molecular complexity index is 608. The van der Waals surface area contributed by atoms with Crippen LogP contribution in [0.1, 0.15) is 5.01 Å². The summed E-state index contributed by atoms with van der Waals surface area (Å²) in [4.78, 5) is 0. The Kier molecular flexibility index (Phi) is 4.71. The lowest BCUT2D eigenvalue weighted by atomic mass is 10.3. The molecular weight excluding hydrogens is 385 g/mol. The summed E-state index contributed by atoms with van der Waals surface area (Å²) < 4.78 is 45.9. The van der Waals surface area contributed by atoms with Crippen LogP contribution >= 0.6 is 38.9 Å². The predicted molar refractivity (Wildman–Crippen MR) is 70.1 cm³/mol. The van der Waals surface area contributed by atoms with Gasteiger partial charge in [-0.15, -0.1) is 23.4 Å². The summed E-state index contributed by atoms with van der Waals surface area (Å²) >= 11 is 9.74. The van der Waals surface area contributed by atoms with Crippen LogP contribution in [0.25, 0.3) is 0 Å². The van der Waals surface area contributed by atoms with Crippen molar-refractivity contribution in [3.05, 3.63) is 32.1 Å². The maximum atomic E-state index is 12.1. The van der Waals surface area contributed by atoms with Crippen LogP contribution in [0.15, 0.2) is 22.7 Å².